The minimum atomic E-state index is -0.566. The number of nitrogens with zero attached hydrogens (tertiary/aromatic N) is 3. The first kappa shape index (κ1) is 13.7. The Morgan fingerprint density at radius 2 is 2.23 bits per heavy atom. The second-order valence-corrected chi connectivity index (χ2v) is 5.96. The van der Waals surface area contributed by atoms with E-state index >= 15 is 0 Å². The van der Waals surface area contributed by atoms with Gasteiger partial charge in [0.05, 0.1) is 30.6 Å². The summed E-state index contributed by atoms with van der Waals surface area (Å²) in [6.07, 6.45) is 5.64. The maximum atomic E-state index is 12.3. The number of amides is 1. The van der Waals surface area contributed by atoms with E-state index in [9.17, 15) is 9.90 Å². The van der Waals surface area contributed by atoms with Crippen molar-refractivity contribution in [1.82, 2.24) is 19.9 Å². The molecule has 116 valence electrons. The first-order chi connectivity index (χ1) is 10.7. The third-order valence-corrected chi connectivity index (χ3v) is 4.25. The average Bonchev–Trinajstić information content (AvgIpc) is 3.28. The van der Waals surface area contributed by atoms with Gasteiger partial charge in [0.1, 0.15) is 5.52 Å². The van der Waals surface area contributed by atoms with Gasteiger partial charge in [-0.3, -0.25) is 4.79 Å². The Morgan fingerprint density at radius 3 is 3.00 bits per heavy atom. The number of aliphatic hydroxyl groups is 1. The van der Waals surface area contributed by atoms with E-state index in [4.69, 9.17) is 4.74 Å². The van der Waals surface area contributed by atoms with E-state index in [0.29, 0.717) is 31.2 Å². The first-order valence-corrected chi connectivity index (χ1v) is 7.61. The van der Waals surface area contributed by atoms with Gasteiger partial charge in [0.15, 0.2) is 5.65 Å². The molecule has 0 unspecified atom stereocenters. The normalized spacial score (nSPS) is 25.3. The molecule has 2 fully saturated rings. The van der Waals surface area contributed by atoms with E-state index in [1.54, 1.807) is 18.6 Å². The fraction of sp³-hybridized carbons (Fsp3) is 0.533. The van der Waals surface area contributed by atoms with Crippen LogP contribution in [0.25, 0.3) is 11.2 Å². The summed E-state index contributed by atoms with van der Waals surface area (Å²) in [5.74, 6) is -0.259. The molecule has 3 heterocycles. The predicted octanol–water partition coefficient (Wildman–Crippen LogP) is 0.646. The molecule has 1 amide bonds. The second-order valence-electron chi connectivity index (χ2n) is 5.96. The van der Waals surface area contributed by atoms with Gasteiger partial charge in [-0.05, 0) is 25.3 Å². The van der Waals surface area contributed by atoms with Crippen LogP contribution in [-0.2, 0) is 4.74 Å². The van der Waals surface area contributed by atoms with Crippen LogP contribution < -0.4 is 5.32 Å². The van der Waals surface area contributed by atoms with Gasteiger partial charge in [0.2, 0.25) is 0 Å². The number of rotatable bonds is 3. The lowest BCUT2D eigenvalue weighted by atomic mass is 10.1. The maximum absolute atomic E-state index is 12.3. The Kier molecular flexibility index (Phi) is 3.31. The number of aliphatic hydroxyl groups excluding tert-OH is 1. The molecule has 0 bridgehead atoms. The summed E-state index contributed by atoms with van der Waals surface area (Å²) in [7, 11) is 0. The SMILES string of the molecule is O=C(N[C@@H]1COCC[C@H]1O)c1cnc2c(c1)ncn2C1CC1. The standard InChI is InChI=1S/C15H18N4O3/c20-13-3-4-22-7-12(13)18-15(21)9-5-11-14(16-6-9)19(8-17-11)10-1-2-10/h5-6,8,10,12-13,20H,1-4,7H2,(H,18,21)/t12-,13-/m1/s1. The summed E-state index contributed by atoms with van der Waals surface area (Å²) in [5.41, 5.74) is 1.99. The van der Waals surface area contributed by atoms with Gasteiger partial charge in [0.25, 0.3) is 5.91 Å². The highest BCUT2D eigenvalue weighted by molar-refractivity contribution is 5.96. The van der Waals surface area contributed by atoms with Crippen LogP contribution in [0.1, 0.15) is 35.7 Å². The quantitative estimate of drug-likeness (QED) is 0.869. The highest BCUT2D eigenvalue weighted by Crippen LogP contribution is 2.36. The van der Waals surface area contributed by atoms with Crippen molar-refractivity contribution >= 4 is 17.1 Å². The van der Waals surface area contributed by atoms with Gasteiger partial charge >= 0.3 is 0 Å². The smallest absolute Gasteiger partial charge is 0.253 e. The Bertz CT molecular complexity index is 710. The fourth-order valence-corrected chi connectivity index (χ4v) is 2.78. The van der Waals surface area contributed by atoms with Crippen LogP contribution in [0.4, 0.5) is 0 Å². The Morgan fingerprint density at radius 1 is 1.36 bits per heavy atom. The number of pyridine rings is 1. The molecular weight excluding hydrogens is 284 g/mol. The van der Waals surface area contributed by atoms with Crippen LogP contribution in [0.3, 0.4) is 0 Å². The fourth-order valence-electron chi connectivity index (χ4n) is 2.78. The molecule has 2 aliphatic rings. The minimum Gasteiger partial charge on any atom is -0.391 e. The van der Waals surface area contributed by atoms with E-state index in [-0.39, 0.29) is 11.9 Å². The number of fused-ring (bicyclic) bond motifs is 1. The molecule has 2 aromatic heterocycles. The molecular formula is C15H18N4O3. The third-order valence-electron chi connectivity index (χ3n) is 4.25. The first-order valence-electron chi connectivity index (χ1n) is 7.61. The van der Waals surface area contributed by atoms with Crippen molar-refractivity contribution in [2.75, 3.05) is 13.2 Å². The lowest BCUT2D eigenvalue weighted by Gasteiger charge is -2.28. The monoisotopic (exact) mass is 302 g/mol. The lowest BCUT2D eigenvalue weighted by Crippen LogP contribution is -2.49. The number of carbonyl (C=O) groups is 1. The average molecular weight is 302 g/mol. The lowest BCUT2D eigenvalue weighted by molar-refractivity contribution is -0.0140. The highest BCUT2D eigenvalue weighted by atomic mass is 16.5. The summed E-state index contributed by atoms with van der Waals surface area (Å²) in [4.78, 5) is 21.0. The predicted molar refractivity (Wildman–Crippen MR) is 78.5 cm³/mol. The van der Waals surface area contributed by atoms with Crippen LogP contribution in [0.2, 0.25) is 0 Å². The van der Waals surface area contributed by atoms with Gasteiger partial charge in [-0.2, -0.15) is 0 Å². The van der Waals surface area contributed by atoms with Crippen LogP contribution in [0.5, 0.6) is 0 Å². The molecule has 0 spiro atoms. The molecule has 1 saturated carbocycles. The minimum absolute atomic E-state index is 0.259. The number of imidazole rings is 1. The van der Waals surface area contributed by atoms with Crippen LogP contribution >= 0.6 is 0 Å². The van der Waals surface area contributed by atoms with Gasteiger partial charge in [-0.25, -0.2) is 9.97 Å². The number of aromatic nitrogens is 3. The molecule has 2 N–H and O–H groups in total. The zero-order valence-electron chi connectivity index (χ0n) is 12.1. The van der Waals surface area contributed by atoms with Crippen molar-refractivity contribution in [2.24, 2.45) is 0 Å². The second kappa shape index (κ2) is 5.33. The van der Waals surface area contributed by atoms with Crippen molar-refractivity contribution in [3.8, 4) is 0 Å². The molecule has 0 aromatic carbocycles. The molecule has 2 atom stereocenters. The molecule has 1 aliphatic heterocycles. The summed E-state index contributed by atoms with van der Waals surface area (Å²) < 4.78 is 7.36. The van der Waals surface area contributed by atoms with Gasteiger partial charge in [-0.1, -0.05) is 0 Å². The maximum Gasteiger partial charge on any atom is 0.253 e. The zero-order chi connectivity index (χ0) is 15.1. The Labute approximate surface area is 127 Å². The molecule has 7 heteroatoms. The zero-order valence-corrected chi connectivity index (χ0v) is 12.1. The number of hydrogen-bond donors (Lipinski definition) is 2. The van der Waals surface area contributed by atoms with Crippen LogP contribution in [-0.4, -0.2) is 50.9 Å². The number of ether oxygens (including phenoxy) is 1. The van der Waals surface area contributed by atoms with Crippen molar-refractivity contribution in [1.29, 1.82) is 0 Å². The molecule has 1 saturated heterocycles. The van der Waals surface area contributed by atoms with Crippen LogP contribution in [0.15, 0.2) is 18.6 Å². The Balaban J connectivity index is 1.54. The topological polar surface area (TPSA) is 89.3 Å². The third kappa shape index (κ3) is 2.46. The van der Waals surface area contributed by atoms with E-state index in [2.05, 4.69) is 19.9 Å². The van der Waals surface area contributed by atoms with Gasteiger partial charge in [0, 0.05) is 18.8 Å². The molecule has 22 heavy (non-hydrogen) atoms. The summed E-state index contributed by atoms with van der Waals surface area (Å²) in [6, 6.07) is 1.87. The number of carbonyl (C=O) groups excluding carboxylic acids is 1. The number of nitrogens with one attached hydrogen (secondary N) is 1. The van der Waals surface area contributed by atoms with E-state index in [0.717, 1.165) is 24.0 Å². The molecule has 0 radical (unpaired) electrons. The summed E-state index contributed by atoms with van der Waals surface area (Å²) in [5, 5.41) is 12.7. The van der Waals surface area contributed by atoms with Crippen LogP contribution in [0, 0.1) is 0 Å². The summed E-state index contributed by atoms with van der Waals surface area (Å²) in [6.45, 7) is 0.860. The molecule has 2 aromatic rings. The summed E-state index contributed by atoms with van der Waals surface area (Å²) >= 11 is 0. The highest BCUT2D eigenvalue weighted by Gasteiger charge is 2.27. The van der Waals surface area contributed by atoms with Crippen molar-refractivity contribution in [3.63, 3.8) is 0 Å². The Hall–Kier alpha value is -1.99. The van der Waals surface area contributed by atoms with Gasteiger partial charge in [-0.15, -0.1) is 0 Å². The van der Waals surface area contributed by atoms with Crippen molar-refractivity contribution in [2.45, 2.75) is 37.5 Å². The molecule has 1 aliphatic carbocycles. The van der Waals surface area contributed by atoms with Crippen molar-refractivity contribution in [3.05, 3.63) is 24.2 Å². The largest absolute Gasteiger partial charge is 0.391 e. The van der Waals surface area contributed by atoms with E-state index in [1.165, 1.54) is 0 Å². The molecule has 7 nitrogen and oxygen atoms in total. The van der Waals surface area contributed by atoms with Gasteiger partial charge < -0.3 is 19.7 Å². The van der Waals surface area contributed by atoms with E-state index in [1.807, 2.05) is 0 Å². The van der Waals surface area contributed by atoms with Crippen molar-refractivity contribution < 1.29 is 14.6 Å². The number of hydrogen-bond acceptors (Lipinski definition) is 5. The molecule has 4 rings (SSSR count). The van der Waals surface area contributed by atoms with E-state index < -0.39 is 6.10 Å².